The number of aromatic nitrogens is 1. The number of carboxylic acids is 1. The summed E-state index contributed by atoms with van der Waals surface area (Å²) in [5.41, 5.74) is 5.44. The van der Waals surface area contributed by atoms with Gasteiger partial charge in [-0.15, -0.1) is 0 Å². The summed E-state index contributed by atoms with van der Waals surface area (Å²) in [6.07, 6.45) is 9.71. The third kappa shape index (κ3) is 3.21. The molecule has 1 heterocycles. The molecule has 5 aliphatic rings. The van der Waals surface area contributed by atoms with E-state index in [1.165, 1.54) is 47.0 Å². The Labute approximate surface area is 246 Å². The molecule has 4 heteroatoms. The largest absolute Gasteiger partial charge is 0.497 e. The van der Waals surface area contributed by atoms with Crippen LogP contribution in [0.25, 0.3) is 10.9 Å². The van der Waals surface area contributed by atoms with Crippen LogP contribution in [-0.4, -0.2) is 23.2 Å². The van der Waals surface area contributed by atoms with E-state index in [4.69, 9.17) is 4.74 Å². The first-order valence-electron chi connectivity index (χ1n) is 16.3. The highest BCUT2D eigenvalue weighted by molar-refractivity contribution is 5.87. The summed E-state index contributed by atoms with van der Waals surface area (Å²) in [5.74, 6) is 2.68. The average Bonchev–Trinajstić information content (AvgIpc) is 3.49. The molecule has 41 heavy (non-hydrogen) atoms. The fourth-order valence-corrected chi connectivity index (χ4v) is 13.0. The van der Waals surface area contributed by atoms with Crippen LogP contribution in [0.4, 0.5) is 0 Å². The zero-order valence-electron chi connectivity index (χ0n) is 26.5. The minimum atomic E-state index is -0.553. The number of H-pyrrole nitrogens is 1. The lowest BCUT2D eigenvalue weighted by Crippen LogP contribution is -2.66. The van der Waals surface area contributed by atoms with Gasteiger partial charge in [0.2, 0.25) is 0 Å². The molecule has 5 aliphatic carbocycles. The van der Waals surface area contributed by atoms with Crippen LogP contribution in [0, 0.1) is 51.2 Å². The Morgan fingerprint density at radius 3 is 2.41 bits per heavy atom. The number of rotatable bonds is 3. The van der Waals surface area contributed by atoms with Gasteiger partial charge in [-0.2, -0.15) is 0 Å². The lowest BCUT2D eigenvalue weighted by atomic mass is 9.32. The van der Waals surface area contributed by atoms with E-state index in [1.54, 1.807) is 7.11 Å². The molecule has 1 aromatic carbocycles. The Morgan fingerprint density at radius 2 is 1.73 bits per heavy atom. The Kier molecular flexibility index (Phi) is 5.68. The molecule has 1 aromatic heterocycles. The fourth-order valence-electron chi connectivity index (χ4n) is 13.0. The van der Waals surface area contributed by atoms with Gasteiger partial charge in [0.1, 0.15) is 5.75 Å². The summed E-state index contributed by atoms with van der Waals surface area (Å²) in [5, 5.41) is 12.0. The zero-order chi connectivity index (χ0) is 29.3. The van der Waals surface area contributed by atoms with Crippen molar-refractivity contribution in [2.45, 2.75) is 105 Å². The summed E-state index contributed by atoms with van der Waals surface area (Å²) >= 11 is 0. The van der Waals surface area contributed by atoms with E-state index in [1.807, 2.05) is 0 Å². The standard InChI is InChI=1S/C37H51NO3/c1-21(2)23-13-16-37(32(39)40)18-17-35(6)26(30(23)37)10-12-29-34(5)20-25-24-19-22(41-8)9-11-27(24)38-31(25)33(3,4)28(34)14-15-36(29,35)7/h9,11,19,23,26,28-30,38H,1,10,12-18,20H2,2-8H3,(H,39,40)/t23-,26+,28-,29+,30+,34-,35+,36+,37-/m0/s1. The van der Waals surface area contributed by atoms with Crippen molar-refractivity contribution in [2.75, 3.05) is 7.11 Å². The number of fused-ring (bicyclic) bond motifs is 10. The van der Waals surface area contributed by atoms with Crippen molar-refractivity contribution in [1.82, 2.24) is 4.98 Å². The molecule has 2 N–H and O–H groups in total. The molecule has 0 radical (unpaired) electrons. The van der Waals surface area contributed by atoms with Crippen LogP contribution in [0.5, 0.6) is 5.75 Å². The van der Waals surface area contributed by atoms with E-state index in [0.717, 1.165) is 44.3 Å². The molecule has 9 atom stereocenters. The van der Waals surface area contributed by atoms with Crippen molar-refractivity contribution < 1.29 is 14.6 Å². The van der Waals surface area contributed by atoms with Gasteiger partial charge < -0.3 is 14.8 Å². The second kappa shape index (κ2) is 8.44. The number of benzene rings is 1. The summed E-state index contributed by atoms with van der Waals surface area (Å²) in [4.78, 5) is 16.9. The molecule has 2 aromatic rings. The summed E-state index contributed by atoms with van der Waals surface area (Å²) in [6, 6.07) is 6.52. The van der Waals surface area contributed by atoms with Gasteiger partial charge >= 0.3 is 5.97 Å². The lowest BCUT2D eigenvalue weighted by Gasteiger charge is -2.72. The van der Waals surface area contributed by atoms with Crippen molar-refractivity contribution in [2.24, 2.45) is 51.2 Å². The number of carbonyl (C=O) groups is 1. The van der Waals surface area contributed by atoms with Crippen LogP contribution in [0.1, 0.15) is 104 Å². The number of aliphatic carboxylic acids is 1. The van der Waals surface area contributed by atoms with E-state index in [9.17, 15) is 9.90 Å². The zero-order valence-corrected chi connectivity index (χ0v) is 26.5. The van der Waals surface area contributed by atoms with Gasteiger partial charge in [-0.1, -0.05) is 46.8 Å². The van der Waals surface area contributed by atoms with Crippen LogP contribution >= 0.6 is 0 Å². The van der Waals surface area contributed by atoms with Crippen LogP contribution < -0.4 is 4.74 Å². The molecule has 4 nitrogen and oxygen atoms in total. The van der Waals surface area contributed by atoms with Crippen LogP contribution in [0.3, 0.4) is 0 Å². The Bertz CT molecular complexity index is 1450. The summed E-state index contributed by atoms with van der Waals surface area (Å²) in [7, 11) is 1.76. The topological polar surface area (TPSA) is 62.3 Å². The number of hydrogen-bond acceptors (Lipinski definition) is 2. The molecular weight excluding hydrogens is 506 g/mol. The quantitative estimate of drug-likeness (QED) is 0.370. The normalized spacial score (nSPS) is 44.2. The Morgan fingerprint density at radius 1 is 0.976 bits per heavy atom. The molecule has 0 spiro atoms. The van der Waals surface area contributed by atoms with Gasteiger partial charge in [-0.3, -0.25) is 4.79 Å². The summed E-state index contributed by atoms with van der Waals surface area (Å²) in [6.45, 7) is 19.4. The molecule has 222 valence electrons. The second-order valence-corrected chi connectivity index (χ2v) is 16.4. The molecule has 0 aliphatic heterocycles. The minimum absolute atomic E-state index is 0.0647. The van der Waals surface area contributed by atoms with E-state index in [2.05, 4.69) is 71.3 Å². The number of hydrogen-bond donors (Lipinski definition) is 2. The molecule has 0 unspecified atom stereocenters. The van der Waals surface area contributed by atoms with Gasteiger partial charge in [-0.25, -0.2) is 0 Å². The van der Waals surface area contributed by atoms with Crippen molar-refractivity contribution in [3.63, 3.8) is 0 Å². The van der Waals surface area contributed by atoms with Gasteiger partial charge in [-0.05, 0) is 134 Å². The maximum absolute atomic E-state index is 13.0. The highest BCUT2D eigenvalue weighted by Gasteiger charge is 2.72. The SMILES string of the molecule is C=C(C)[C@@H]1CC[C@]2(C(=O)O)CC[C@]3(C)[C@H](CC[C@@H]4[C@@]5(C)Cc6c([nH]c7ccc(OC)cc67)C(C)(C)[C@@H]5CC[C@]43C)[C@@H]12. The number of allylic oxidation sites excluding steroid dienone is 1. The average molecular weight is 558 g/mol. The van der Waals surface area contributed by atoms with Crippen molar-refractivity contribution in [1.29, 1.82) is 0 Å². The number of nitrogens with one attached hydrogen (secondary N) is 1. The van der Waals surface area contributed by atoms with Gasteiger partial charge in [0, 0.05) is 22.0 Å². The minimum Gasteiger partial charge on any atom is -0.497 e. The maximum atomic E-state index is 13.0. The van der Waals surface area contributed by atoms with E-state index in [0.29, 0.717) is 23.7 Å². The predicted octanol–water partition coefficient (Wildman–Crippen LogP) is 8.93. The number of methoxy groups -OCH3 is 1. The van der Waals surface area contributed by atoms with Gasteiger partial charge in [0.05, 0.1) is 12.5 Å². The highest BCUT2D eigenvalue weighted by Crippen LogP contribution is 2.77. The maximum Gasteiger partial charge on any atom is 0.309 e. The van der Waals surface area contributed by atoms with Crippen molar-refractivity contribution in [3.05, 3.63) is 41.6 Å². The third-order valence-electron chi connectivity index (χ3n) is 14.9. The fraction of sp³-hybridized carbons (Fsp3) is 0.703. The molecule has 4 fully saturated rings. The predicted molar refractivity (Wildman–Crippen MR) is 165 cm³/mol. The van der Waals surface area contributed by atoms with E-state index >= 15 is 0 Å². The third-order valence-corrected chi connectivity index (χ3v) is 14.9. The smallest absolute Gasteiger partial charge is 0.309 e. The number of carboxylic acid groups (broad SMARTS) is 1. The highest BCUT2D eigenvalue weighted by atomic mass is 16.5. The van der Waals surface area contributed by atoms with E-state index in [-0.39, 0.29) is 27.6 Å². The molecule has 7 rings (SSSR count). The first-order valence-corrected chi connectivity index (χ1v) is 16.3. The van der Waals surface area contributed by atoms with Crippen LogP contribution in [-0.2, 0) is 16.6 Å². The van der Waals surface area contributed by atoms with Crippen LogP contribution in [0.15, 0.2) is 30.4 Å². The Hall–Kier alpha value is -2.23. The monoisotopic (exact) mass is 557 g/mol. The molecular formula is C37H51NO3. The van der Waals surface area contributed by atoms with E-state index < -0.39 is 11.4 Å². The number of ether oxygens (including phenoxy) is 1. The Balaban J connectivity index is 1.33. The lowest BCUT2D eigenvalue weighted by molar-refractivity contribution is -0.227. The van der Waals surface area contributed by atoms with Gasteiger partial charge in [0.15, 0.2) is 0 Å². The molecule has 4 saturated carbocycles. The molecule has 0 bridgehead atoms. The first kappa shape index (κ1) is 27.6. The molecule has 0 amide bonds. The van der Waals surface area contributed by atoms with Crippen LogP contribution in [0.2, 0.25) is 0 Å². The van der Waals surface area contributed by atoms with Crippen molar-refractivity contribution in [3.8, 4) is 5.75 Å². The molecule has 0 saturated heterocycles. The number of aromatic amines is 1. The first-order chi connectivity index (χ1) is 19.2. The van der Waals surface area contributed by atoms with Crippen molar-refractivity contribution >= 4 is 16.9 Å². The summed E-state index contributed by atoms with van der Waals surface area (Å²) < 4.78 is 5.66. The second-order valence-electron chi connectivity index (χ2n) is 16.4. The van der Waals surface area contributed by atoms with Gasteiger partial charge in [0.25, 0.3) is 0 Å².